The van der Waals surface area contributed by atoms with E-state index in [9.17, 15) is 4.79 Å². The molecule has 0 amide bonds. The molecular weight excluding hydrogens is 212 g/mol. The zero-order chi connectivity index (χ0) is 12.5. The molecule has 4 fully saturated rings. The number of ether oxygens (including phenoxy) is 1. The summed E-state index contributed by atoms with van der Waals surface area (Å²) in [7, 11) is 1.55. The van der Waals surface area contributed by atoms with Gasteiger partial charge in [0.1, 0.15) is 0 Å². The van der Waals surface area contributed by atoms with Crippen LogP contribution in [0.5, 0.6) is 0 Å². The van der Waals surface area contributed by atoms with Crippen molar-refractivity contribution in [2.75, 3.05) is 7.11 Å². The van der Waals surface area contributed by atoms with E-state index in [4.69, 9.17) is 4.74 Å². The van der Waals surface area contributed by atoms with E-state index < -0.39 is 0 Å². The van der Waals surface area contributed by atoms with Gasteiger partial charge in [0.05, 0.1) is 12.5 Å². The normalized spacial score (nSPS) is 56.0. The van der Waals surface area contributed by atoms with Crippen molar-refractivity contribution in [1.82, 2.24) is 0 Å². The minimum atomic E-state index is -0.165. The molecule has 0 saturated heterocycles. The second-order valence-electron chi connectivity index (χ2n) is 8.26. The quantitative estimate of drug-likeness (QED) is 0.651. The van der Waals surface area contributed by atoms with Gasteiger partial charge in [0.2, 0.25) is 0 Å². The molecule has 0 spiro atoms. The molecule has 4 rings (SSSR count). The third kappa shape index (κ3) is 1.49. The molecule has 0 aliphatic heterocycles. The third-order valence-corrected chi connectivity index (χ3v) is 5.47. The summed E-state index contributed by atoms with van der Waals surface area (Å²) in [5, 5.41) is 0. The minimum absolute atomic E-state index is 0.0558. The molecule has 0 unspecified atom stereocenters. The van der Waals surface area contributed by atoms with Crippen LogP contribution in [0.4, 0.5) is 0 Å². The van der Waals surface area contributed by atoms with Crippen LogP contribution < -0.4 is 0 Å². The molecule has 0 radical (unpaired) electrons. The van der Waals surface area contributed by atoms with Gasteiger partial charge in [0.25, 0.3) is 0 Å². The predicted molar refractivity (Wildman–Crippen MR) is 66.5 cm³/mol. The van der Waals surface area contributed by atoms with Crippen molar-refractivity contribution in [3.05, 3.63) is 0 Å². The predicted octanol–water partition coefficient (Wildman–Crippen LogP) is 3.55. The van der Waals surface area contributed by atoms with E-state index >= 15 is 0 Å². The van der Waals surface area contributed by atoms with Gasteiger partial charge < -0.3 is 4.74 Å². The second kappa shape index (κ2) is 2.89. The Morgan fingerprint density at radius 2 is 1.18 bits per heavy atom. The highest BCUT2D eigenvalue weighted by Crippen LogP contribution is 2.73. The van der Waals surface area contributed by atoms with Crippen LogP contribution >= 0.6 is 0 Å². The Hall–Kier alpha value is -0.530. The van der Waals surface area contributed by atoms with Crippen molar-refractivity contribution in [3.8, 4) is 0 Å². The van der Waals surface area contributed by atoms with E-state index in [1.165, 1.54) is 19.3 Å². The average molecular weight is 236 g/mol. The average Bonchev–Trinajstić information content (AvgIpc) is 2.08. The fourth-order valence-electron chi connectivity index (χ4n) is 6.72. The summed E-state index contributed by atoms with van der Waals surface area (Å²) in [5.74, 6) is 0.0558. The molecule has 0 N–H and O–H groups in total. The molecule has 0 aromatic heterocycles. The van der Waals surface area contributed by atoms with Crippen LogP contribution in [0.25, 0.3) is 0 Å². The Kier molecular flexibility index (Phi) is 1.97. The Labute approximate surface area is 104 Å². The first-order valence-electron chi connectivity index (χ1n) is 6.81. The maximum absolute atomic E-state index is 12.3. The van der Waals surface area contributed by atoms with E-state index in [0.717, 1.165) is 19.3 Å². The van der Waals surface area contributed by atoms with Crippen LogP contribution in [-0.2, 0) is 9.53 Å². The molecule has 17 heavy (non-hydrogen) atoms. The molecule has 2 heteroatoms. The molecule has 96 valence electrons. The summed E-state index contributed by atoms with van der Waals surface area (Å²) >= 11 is 0. The summed E-state index contributed by atoms with van der Waals surface area (Å²) in [5.41, 5.74) is 0.938. The van der Waals surface area contributed by atoms with E-state index in [-0.39, 0.29) is 11.4 Å². The fraction of sp³-hybridized carbons (Fsp3) is 0.933. The zero-order valence-corrected chi connectivity index (χ0v) is 11.6. The molecular formula is C15H24O2. The number of carbonyl (C=O) groups excluding carboxylic acids is 1. The summed E-state index contributed by atoms with van der Waals surface area (Å²) in [4.78, 5) is 12.3. The van der Waals surface area contributed by atoms with E-state index in [1.807, 2.05) is 0 Å². The second-order valence-corrected chi connectivity index (χ2v) is 8.26. The number of rotatable bonds is 1. The smallest absolute Gasteiger partial charge is 0.311 e. The lowest BCUT2D eigenvalue weighted by molar-refractivity contribution is -0.206. The molecule has 4 bridgehead atoms. The Morgan fingerprint density at radius 3 is 1.47 bits per heavy atom. The summed E-state index contributed by atoms with van der Waals surface area (Å²) in [6.45, 7) is 7.16. The third-order valence-electron chi connectivity index (χ3n) is 5.47. The Morgan fingerprint density at radius 1 is 0.824 bits per heavy atom. The molecule has 2 nitrogen and oxygen atoms in total. The lowest BCUT2D eigenvalue weighted by Crippen LogP contribution is -2.61. The van der Waals surface area contributed by atoms with Gasteiger partial charge in [-0.3, -0.25) is 4.79 Å². The molecule has 0 aromatic rings. The number of carbonyl (C=O) groups is 1. The summed E-state index contributed by atoms with van der Waals surface area (Å²) in [6.07, 6.45) is 7.06. The highest BCUT2D eigenvalue weighted by molar-refractivity contribution is 5.77. The van der Waals surface area contributed by atoms with Crippen molar-refractivity contribution in [2.24, 2.45) is 21.7 Å². The van der Waals surface area contributed by atoms with Crippen LogP contribution in [0.1, 0.15) is 59.3 Å². The first-order chi connectivity index (χ1) is 7.72. The van der Waals surface area contributed by atoms with Gasteiger partial charge in [-0.1, -0.05) is 20.8 Å². The van der Waals surface area contributed by atoms with Crippen molar-refractivity contribution in [2.45, 2.75) is 59.3 Å². The van der Waals surface area contributed by atoms with Crippen LogP contribution in [0.2, 0.25) is 0 Å². The van der Waals surface area contributed by atoms with Crippen LogP contribution in [0.3, 0.4) is 0 Å². The van der Waals surface area contributed by atoms with E-state index in [0.29, 0.717) is 16.2 Å². The van der Waals surface area contributed by atoms with Crippen molar-refractivity contribution < 1.29 is 9.53 Å². The zero-order valence-electron chi connectivity index (χ0n) is 11.6. The Balaban J connectivity index is 2.07. The van der Waals surface area contributed by atoms with E-state index in [1.54, 1.807) is 7.11 Å². The number of hydrogen-bond donors (Lipinski definition) is 0. The highest BCUT2D eigenvalue weighted by Gasteiger charge is 2.66. The van der Waals surface area contributed by atoms with E-state index in [2.05, 4.69) is 20.8 Å². The van der Waals surface area contributed by atoms with Gasteiger partial charge in [-0.05, 0) is 54.8 Å². The van der Waals surface area contributed by atoms with Gasteiger partial charge in [-0.15, -0.1) is 0 Å². The first-order valence-corrected chi connectivity index (χ1v) is 6.81. The molecule has 4 saturated carbocycles. The van der Waals surface area contributed by atoms with Gasteiger partial charge in [-0.2, -0.15) is 0 Å². The molecule has 4 aliphatic carbocycles. The summed E-state index contributed by atoms with van der Waals surface area (Å²) < 4.78 is 5.13. The molecule has 0 heterocycles. The molecule has 4 aliphatic rings. The maximum atomic E-state index is 12.3. The van der Waals surface area contributed by atoms with Gasteiger partial charge in [0, 0.05) is 0 Å². The Bertz CT molecular complexity index is 331. The van der Waals surface area contributed by atoms with Crippen LogP contribution in [0, 0.1) is 21.7 Å². The van der Waals surface area contributed by atoms with Gasteiger partial charge in [0.15, 0.2) is 0 Å². The van der Waals surface area contributed by atoms with Crippen LogP contribution in [-0.4, -0.2) is 13.1 Å². The molecule has 0 atom stereocenters. The lowest BCUT2D eigenvalue weighted by atomic mass is 9.36. The minimum Gasteiger partial charge on any atom is -0.469 e. The van der Waals surface area contributed by atoms with Gasteiger partial charge in [-0.25, -0.2) is 0 Å². The van der Waals surface area contributed by atoms with Crippen molar-refractivity contribution in [1.29, 1.82) is 0 Å². The monoisotopic (exact) mass is 236 g/mol. The van der Waals surface area contributed by atoms with Gasteiger partial charge >= 0.3 is 5.97 Å². The number of hydrogen-bond acceptors (Lipinski definition) is 2. The van der Waals surface area contributed by atoms with Crippen LogP contribution in [0.15, 0.2) is 0 Å². The fourth-order valence-corrected chi connectivity index (χ4v) is 6.72. The number of esters is 1. The SMILES string of the molecule is COC(=O)C12CC3(C)CC(C)(CC(C)(C3)C1)C2. The maximum Gasteiger partial charge on any atom is 0.311 e. The lowest BCUT2D eigenvalue weighted by Gasteiger charge is -2.67. The largest absolute Gasteiger partial charge is 0.469 e. The standard InChI is InChI=1S/C15H24O2/c1-12-5-13(2)7-14(3,6-12)10-15(8-12,9-13)11(16)17-4/h5-10H2,1-4H3. The molecule has 0 aromatic carbocycles. The highest BCUT2D eigenvalue weighted by atomic mass is 16.5. The first kappa shape index (κ1) is 11.6. The van der Waals surface area contributed by atoms with Crippen molar-refractivity contribution >= 4 is 5.97 Å². The number of methoxy groups -OCH3 is 1. The van der Waals surface area contributed by atoms with Crippen molar-refractivity contribution in [3.63, 3.8) is 0 Å². The summed E-state index contributed by atoms with van der Waals surface area (Å²) in [6, 6.07) is 0. The topological polar surface area (TPSA) is 26.3 Å².